The van der Waals surface area contributed by atoms with E-state index in [-0.39, 0.29) is 12.0 Å². The van der Waals surface area contributed by atoms with Gasteiger partial charge < -0.3 is 10.3 Å². The van der Waals surface area contributed by atoms with Crippen molar-refractivity contribution in [3.63, 3.8) is 0 Å². The first kappa shape index (κ1) is 25.7. The number of alkyl halides is 3. The van der Waals surface area contributed by atoms with Gasteiger partial charge in [-0.3, -0.25) is 4.98 Å². The van der Waals surface area contributed by atoms with E-state index in [4.69, 9.17) is 11.6 Å². The van der Waals surface area contributed by atoms with Gasteiger partial charge in [-0.15, -0.1) is 0 Å². The first-order valence-electron chi connectivity index (χ1n) is 11.8. The standard InChI is InChI=1S/C29H23ClF4N4/c1-17-8-10-24-26(18(17)2)37-27(36-24)38-28(15-19-6-4-3-5-7-19,25-11-9-22(30)16-35-25)20-12-21(29(32,33)34)14-23(31)13-20/h3-14,16H,15H2,1-2H3,(H2,36,37,38)/t28-/m1/s1. The maximum Gasteiger partial charge on any atom is 0.416 e. The second-order valence-electron chi connectivity index (χ2n) is 9.27. The van der Waals surface area contributed by atoms with Crippen molar-refractivity contribution in [3.05, 3.63) is 123 Å². The largest absolute Gasteiger partial charge is 0.416 e. The number of benzene rings is 3. The van der Waals surface area contributed by atoms with E-state index >= 15 is 0 Å². The number of anilines is 1. The minimum atomic E-state index is -4.75. The molecule has 4 nitrogen and oxygen atoms in total. The molecule has 0 aliphatic carbocycles. The smallest absolute Gasteiger partial charge is 0.340 e. The molecule has 0 saturated heterocycles. The molecule has 0 amide bonds. The monoisotopic (exact) mass is 538 g/mol. The number of nitrogens with one attached hydrogen (secondary N) is 2. The van der Waals surface area contributed by atoms with Crippen LogP contribution in [0, 0.1) is 19.7 Å². The maximum absolute atomic E-state index is 14.8. The van der Waals surface area contributed by atoms with Crippen molar-refractivity contribution in [2.45, 2.75) is 32.0 Å². The highest BCUT2D eigenvalue weighted by molar-refractivity contribution is 6.30. The lowest BCUT2D eigenvalue weighted by atomic mass is 9.80. The van der Waals surface area contributed by atoms with Gasteiger partial charge in [0.15, 0.2) is 0 Å². The van der Waals surface area contributed by atoms with Crippen LogP contribution in [0.4, 0.5) is 23.5 Å². The molecular formula is C29H23ClF4N4. The summed E-state index contributed by atoms with van der Waals surface area (Å²) in [4.78, 5) is 12.4. The van der Waals surface area contributed by atoms with E-state index < -0.39 is 23.1 Å². The number of fused-ring (bicyclic) bond motifs is 1. The Kier molecular flexibility index (Phi) is 6.61. The van der Waals surface area contributed by atoms with Crippen molar-refractivity contribution in [2.75, 3.05) is 5.32 Å². The molecule has 194 valence electrons. The lowest BCUT2D eigenvalue weighted by Crippen LogP contribution is -2.40. The second-order valence-corrected chi connectivity index (χ2v) is 9.70. The van der Waals surface area contributed by atoms with Crippen molar-refractivity contribution in [1.82, 2.24) is 15.0 Å². The molecule has 2 aromatic heterocycles. The number of pyridine rings is 1. The molecule has 9 heteroatoms. The zero-order valence-corrected chi connectivity index (χ0v) is 21.3. The number of halogens is 5. The Bertz CT molecular complexity index is 1600. The normalized spacial score (nSPS) is 13.4. The fraction of sp³-hybridized carbons (Fsp3) is 0.172. The fourth-order valence-electron chi connectivity index (χ4n) is 4.63. The van der Waals surface area contributed by atoms with Crippen LogP contribution in [0.5, 0.6) is 0 Å². The van der Waals surface area contributed by atoms with Gasteiger partial charge in [-0.05, 0) is 72.5 Å². The number of aromatic amines is 1. The van der Waals surface area contributed by atoms with Crippen LogP contribution in [0.2, 0.25) is 5.02 Å². The van der Waals surface area contributed by atoms with Crippen LogP contribution in [-0.4, -0.2) is 15.0 Å². The van der Waals surface area contributed by atoms with E-state index in [9.17, 15) is 17.6 Å². The molecule has 38 heavy (non-hydrogen) atoms. The topological polar surface area (TPSA) is 53.6 Å². The first-order valence-corrected chi connectivity index (χ1v) is 12.2. The summed E-state index contributed by atoms with van der Waals surface area (Å²) in [5.41, 5.74) is 2.15. The summed E-state index contributed by atoms with van der Waals surface area (Å²) in [6, 6.07) is 18.8. The average molecular weight is 539 g/mol. The summed E-state index contributed by atoms with van der Waals surface area (Å²) in [7, 11) is 0. The van der Waals surface area contributed by atoms with Gasteiger partial charge in [0.25, 0.3) is 0 Å². The van der Waals surface area contributed by atoms with Crippen LogP contribution in [0.3, 0.4) is 0 Å². The van der Waals surface area contributed by atoms with E-state index in [1.165, 1.54) is 6.20 Å². The molecule has 5 aromatic rings. The summed E-state index contributed by atoms with van der Waals surface area (Å²) < 4.78 is 56.3. The van der Waals surface area contributed by atoms with E-state index in [2.05, 4.69) is 20.3 Å². The van der Waals surface area contributed by atoms with E-state index in [0.29, 0.717) is 28.2 Å². The zero-order valence-electron chi connectivity index (χ0n) is 20.5. The fourth-order valence-corrected chi connectivity index (χ4v) is 4.74. The lowest BCUT2D eigenvalue weighted by Gasteiger charge is -2.36. The number of imidazole rings is 1. The van der Waals surface area contributed by atoms with Gasteiger partial charge >= 0.3 is 6.18 Å². The molecule has 0 bridgehead atoms. The minimum Gasteiger partial charge on any atom is -0.340 e. The summed E-state index contributed by atoms with van der Waals surface area (Å²) in [6.45, 7) is 3.94. The van der Waals surface area contributed by atoms with E-state index in [0.717, 1.165) is 34.3 Å². The Morgan fingerprint density at radius 1 is 0.921 bits per heavy atom. The third-order valence-corrected chi connectivity index (χ3v) is 6.94. The molecule has 1 atom stereocenters. The summed E-state index contributed by atoms with van der Waals surface area (Å²) in [5, 5.41) is 3.68. The van der Waals surface area contributed by atoms with Gasteiger partial charge in [-0.25, -0.2) is 9.37 Å². The number of H-pyrrole nitrogens is 1. The number of hydrogen-bond donors (Lipinski definition) is 2. The highest BCUT2D eigenvalue weighted by atomic mass is 35.5. The molecule has 2 N–H and O–H groups in total. The Balaban J connectivity index is 1.79. The molecule has 0 unspecified atom stereocenters. The quantitative estimate of drug-likeness (QED) is 0.215. The van der Waals surface area contributed by atoms with Crippen molar-refractivity contribution in [1.29, 1.82) is 0 Å². The summed E-state index contributed by atoms with van der Waals surface area (Å²) in [6.07, 6.45) is -3.20. The second kappa shape index (κ2) is 9.76. The van der Waals surface area contributed by atoms with Crippen LogP contribution >= 0.6 is 11.6 Å². The van der Waals surface area contributed by atoms with Crippen LogP contribution in [0.1, 0.15) is 33.5 Å². The molecule has 0 saturated carbocycles. The Morgan fingerprint density at radius 2 is 1.66 bits per heavy atom. The SMILES string of the molecule is Cc1ccc2nc(N[C@](Cc3ccccc3)(c3cc(F)cc(C(F)(F)F)c3)c3ccc(Cl)cn3)[nH]c2c1C. The maximum atomic E-state index is 14.8. The molecule has 3 aromatic carbocycles. The highest BCUT2D eigenvalue weighted by Gasteiger charge is 2.40. The van der Waals surface area contributed by atoms with Gasteiger partial charge in [0, 0.05) is 12.6 Å². The Labute approximate surface area is 221 Å². The third-order valence-electron chi connectivity index (χ3n) is 6.72. The number of rotatable bonds is 6. The molecule has 0 fully saturated rings. The molecule has 5 rings (SSSR count). The van der Waals surface area contributed by atoms with Crippen molar-refractivity contribution in [3.8, 4) is 0 Å². The zero-order chi connectivity index (χ0) is 27.1. The van der Waals surface area contributed by atoms with Gasteiger partial charge in [0.1, 0.15) is 11.4 Å². The van der Waals surface area contributed by atoms with Crippen molar-refractivity contribution < 1.29 is 17.6 Å². The van der Waals surface area contributed by atoms with Crippen LogP contribution < -0.4 is 5.32 Å². The molecule has 0 spiro atoms. The number of aryl methyl sites for hydroxylation is 2. The summed E-state index contributed by atoms with van der Waals surface area (Å²) in [5.74, 6) is -0.710. The van der Waals surface area contributed by atoms with Crippen LogP contribution in [0.25, 0.3) is 11.0 Å². The average Bonchev–Trinajstić information content (AvgIpc) is 3.29. The van der Waals surface area contributed by atoms with Gasteiger partial charge in [-0.1, -0.05) is 48.0 Å². The summed E-state index contributed by atoms with van der Waals surface area (Å²) >= 11 is 6.11. The number of aromatic nitrogens is 3. The molecule has 0 aliphatic heterocycles. The minimum absolute atomic E-state index is 0.0388. The predicted octanol–water partition coefficient (Wildman–Crippen LogP) is 7.98. The highest BCUT2D eigenvalue weighted by Crippen LogP contribution is 2.40. The van der Waals surface area contributed by atoms with E-state index in [1.54, 1.807) is 12.1 Å². The van der Waals surface area contributed by atoms with Crippen molar-refractivity contribution >= 4 is 28.6 Å². The predicted molar refractivity (Wildman–Crippen MR) is 141 cm³/mol. The first-order chi connectivity index (χ1) is 18.0. The molecule has 0 radical (unpaired) electrons. The van der Waals surface area contributed by atoms with Crippen molar-refractivity contribution in [2.24, 2.45) is 0 Å². The van der Waals surface area contributed by atoms with Gasteiger partial charge in [-0.2, -0.15) is 13.2 Å². The third kappa shape index (κ3) is 4.96. The lowest BCUT2D eigenvalue weighted by molar-refractivity contribution is -0.137. The molecular weight excluding hydrogens is 516 g/mol. The van der Waals surface area contributed by atoms with Crippen LogP contribution in [-0.2, 0) is 18.1 Å². The van der Waals surface area contributed by atoms with Gasteiger partial charge in [0.2, 0.25) is 5.95 Å². The molecule has 2 heterocycles. The number of nitrogens with zero attached hydrogens (tertiary/aromatic N) is 2. The molecule has 0 aliphatic rings. The number of hydrogen-bond acceptors (Lipinski definition) is 3. The Hall–Kier alpha value is -3.91. The van der Waals surface area contributed by atoms with Gasteiger partial charge in [0.05, 0.1) is 27.3 Å². The van der Waals surface area contributed by atoms with Crippen LogP contribution in [0.15, 0.2) is 79.0 Å². The Morgan fingerprint density at radius 3 is 2.34 bits per heavy atom. The van der Waals surface area contributed by atoms with E-state index in [1.807, 2.05) is 56.3 Å².